The zero-order valence-electron chi connectivity index (χ0n) is 17.5. The largest absolute Gasteiger partial charge is 0.502 e. The van der Waals surface area contributed by atoms with Crippen LogP contribution in [0, 0.1) is 5.82 Å². The van der Waals surface area contributed by atoms with Gasteiger partial charge < -0.3 is 14.7 Å². The number of rotatable bonds is 1. The van der Waals surface area contributed by atoms with Gasteiger partial charge in [-0.2, -0.15) is 0 Å². The molecule has 3 aromatic rings. The van der Waals surface area contributed by atoms with E-state index in [1.165, 1.54) is 18.3 Å². The molecule has 0 aliphatic carbocycles. The van der Waals surface area contributed by atoms with Gasteiger partial charge >= 0.3 is 0 Å². The van der Waals surface area contributed by atoms with E-state index in [2.05, 4.69) is 0 Å². The van der Waals surface area contributed by atoms with Gasteiger partial charge in [0, 0.05) is 29.5 Å². The molecule has 1 amide bonds. The number of hydrogen-bond acceptors (Lipinski definition) is 6. The van der Waals surface area contributed by atoms with Gasteiger partial charge in [-0.3, -0.25) is 19.3 Å². The molecule has 3 aliphatic heterocycles. The van der Waals surface area contributed by atoms with Crippen molar-refractivity contribution in [3.63, 3.8) is 0 Å². The number of morpholine rings is 1. The zero-order valence-corrected chi connectivity index (χ0v) is 18.3. The lowest BCUT2D eigenvalue weighted by Crippen LogP contribution is -2.66. The molecule has 1 fully saturated rings. The third-order valence-corrected chi connectivity index (χ3v) is 7.57. The van der Waals surface area contributed by atoms with Crippen molar-refractivity contribution in [1.82, 2.24) is 9.58 Å². The lowest BCUT2D eigenvalue weighted by molar-refractivity contribution is -0.0197. The number of benzene rings is 2. The second-order valence-electron chi connectivity index (χ2n) is 8.23. The topological polar surface area (TPSA) is 75.0 Å². The van der Waals surface area contributed by atoms with Crippen molar-refractivity contribution in [3.8, 4) is 5.75 Å². The highest BCUT2D eigenvalue weighted by Crippen LogP contribution is 2.44. The number of amides is 1. The first-order valence-corrected chi connectivity index (χ1v) is 11.6. The predicted octanol–water partition coefficient (Wildman–Crippen LogP) is 2.84. The maximum atomic E-state index is 14.2. The predicted molar refractivity (Wildman–Crippen MR) is 120 cm³/mol. The van der Waals surface area contributed by atoms with Crippen LogP contribution in [0.5, 0.6) is 5.75 Å². The van der Waals surface area contributed by atoms with Gasteiger partial charge in [-0.05, 0) is 34.9 Å². The van der Waals surface area contributed by atoms with Crippen molar-refractivity contribution >= 4 is 17.7 Å². The van der Waals surface area contributed by atoms with Gasteiger partial charge in [0.1, 0.15) is 12.0 Å². The molecule has 2 atom stereocenters. The summed E-state index contributed by atoms with van der Waals surface area (Å²) in [6, 6.07) is 13.6. The summed E-state index contributed by atoms with van der Waals surface area (Å²) in [5.41, 5.74) is 2.07. The SMILES string of the molecule is O=C1c2c(O)c(=O)ccn2N(C2c3ccc(F)cc3CSc3ccccc32)C2COCCN12. The molecule has 2 unspecified atom stereocenters. The van der Waals surface area contributed by atoms with Gasteiger partial charge in [0.2, 0.25) is 5.43 Å². The van der Waals surface area contributed by atoms with Gasteiger partial charge in [0.25, 0.3) is 5.91 Å². The van der Waals surface area contributed by atoms with E-state index in [1.807, 2.05) is 29.3 Å². The van der Waals surface area contributed by atoms with Crippen LogP contribution in [0.2, 0.25) is 0 Å². The summed E-state index contributed by atoms with van der Waals surface area (Å²) < 4.78 is 21.5. The zero-order chi connectivity index (χ0) is 22.7. The van der Waals surface area contributed by atoms with Crippen molar-refractivity contribution in [2.24, 2.45) is 0 Å². The quantitative estimate of drug-likeness (QED) is 0.596. The van der Waals surface area contributed by atoms with Crippen LogP contribution in [0.25, 0.3) is 0 Å². The molecule has 1 saturated heterocycles. The van der Waals surface area contributed by atoms with E-state index in [-0.39, 0.29) is 18.1 Å². The van der Waals surface area contributed by atoms with E-state index < -0.39 is 29.3 Å². The van der Waals surface area contributed by atoms with E-state index in [9.17, 15) is 19.1 Å². The van der Waals surface area contributed by atoms with Gasteiger partial charge in [0.15, 0.2) is 11.4 Å². The highest BCUT2D eigenvalue weighted by Gasteiger charge is 2.45. The van der Waals surface area contributed by atoms with Crippen molar-refractivity contribution < 1.29 is 19.0 Å². The fraction of sp³-hybridized carbons (Fsp3) is 0.250. The standard InChI is InChI=1S/C24H20FN3O4S/c25-15-5-6-16-14(11-15)13-33-19-4-2-1-3-17(19)21(16)28-20-12-32-10-9-26(20)24(31)22-23(30)18(29)7-8-27(22)28/h1-8,11,20-21,30H,9-10,12-13H2. The van der Waals surface area contributed by atoms with Crippen molar-refractivity contribution in [3.05, 3.63) is 93.2 Å². The lowest BCUT2D eigenvalue weighted by Gasteiger charge is -2.51. The van der Waals surface area contributed by atoms with E-state index >= 15 is 0 Å². The minimum Gasteiger partial charge on any atom is -0.502 e. The molecule has 4 heterocycles. The number of halogens is 1. The molecule has 6 rings (SSSR count). The van der Waals surface area contributed by atoms with Crippen LogP contribution in [0.3, 0.4) is 0 Å². The Morgan fingerprint density at radius 2 is 1.94 bits per heavy atom. The molecule has 0 saturated carbocycles. The second-order valence-corrected chi connectivity index (χ2v) is 9.25. The van der Waals surface area contributed by atoms with E-state index in [4.69, 9.17) is 4.74 Å². The minimum atomic E-state index is -0.611. The van der Waals surface area contributed by atoms with Gasteiger partial charge in [0.05, 0.1) is 19.3 Å². The van der Waals surface area contributed by atoms with Crippen LogP contribution in [0.15, 0.2) is 64.4 Å². The molecule has 1 N–H and O–H groups in total. The Balaban J connectivity index is 1.66. The molecule has 0 radical (unpaired) electrons. The molecular weight excluding hydrogens is 445 g/mol. The summed E-state index contributed by atoms with van der Waals surface area (Å²) in [5, 5.41) is 12.6. The molecule has 2 aromatic carbocycles. The van der Waals surface area contributed by atoms with Crippen LogP contribution in [0.1, 0.15) is 33.2 Å². The average molecular weight is 466 g/mol. The van der Waals surface area contributed by atoms with Crippen LogP contribution in [-0.4, -0.2) is 46.5 Å². The number of ether oxygens (including phenoxy) is 1. The summed E-state index contributed by atoms with van der Waals surface area (Å²) in [7, 11) is 0. The van der Waals surface area contributed by atoms with Gasteiger partial charge in [-0.25, -0.2) is 4.39 Å². The van der Waals surface area contributed by atoms with Crippen LogP contribution in [-0.2, 0) is 10.5 Å². The first-order valence-electron chi connectivity index (χ1n) is 10.7. The summed E-state index contributed by atoms with van der Waals surface area (Å²) in [4.78, 5) is 28.3. The molecule has 9 heteroatoms. The molecule has 33 heavy (non-hydrogen) atoms. The summed E-state index contributed by atoms with van der Waals surface area (Å²) in [6.07, 6.45) is 1.05. The number of aromatic hydroxyl groups is 1. The third kappa shape index (κ3) is 3.07. The Morgan fingerprint density at radius 1 is 1.09 bits per heavy atom. The number of nitrogens with zero attached hydrogens (tertiary/aromatic N) is 3. The Hall–Kier alpha value is -3.30. The summed E-state index contributed by atoms with van der Waals surface area (Å²) in [6.45, 7) is 0.967. The van der Waals surface area contributed by atoms with Crippen molar-refractivity contribution in [2.45, 2.75) is 22.9 Å². The molecule has 168 valence electrons. The van der Waals surface area contributed by atoms with Crippen molar-refractivity contribution in [2.75, 3.05) is 24.8 Å². The fourth-order valence-corrected chi connectivity index (χ4v) is 6.03. The smallest absolute Gasteiger partial charge is 0.278 e. The number of carbonyl (C=O) groups excluding carboxylic acids is 1. The molecule has 3 aliphatic rings. The number of fused-ring (bicyclic) bond motifs is 4. The maximum Gasteiger partial charge on any atom is 0.278 e. The third-order valence-electron chi connectivity index (χ3n) is 6.44. The second kappa shape index (κ2) is 7.64. The highest BCUT2D eigenvalue weighted by atomic mass is 32.2. The fourth-order valence-electron chi connectivity index (χ4n) is 4.94. The van der Waals surface area contributed by atoms with E-state index in [0.29, 0.717) is 18.9 Å². The molecule has 7 nitrogen and oxygen atoms in total. The van der Waals surface area contributed by atoms with Gasteiger partial charge in [-0.1, -0.05) is 24.3 Å². The van der Waals surface area contributed by atoms with E-state index in [0.717, 1.165) is 21.6 Å². The van der Waals surface area contributed by atoms with Crippen molar-refractivity contribution in [1.29, 1.82) is 0 Å². The molecule has 1 aromatic heterocycles. The van der Waals surface area contributed by atoms with E-state index in [1.54, 1.807) is 33.5 Å². The average Bonchev–Trinajstić information content (AvgIpc) is 2.98. The normalized spacial score (nSPS) is 21.5. The van der Waals surface area contributed by atoms with Crippen LogP contribution < -0.4 is 10.4 Å². The number of thioether (sulfide) groups is 1. The lowest BCUT2D eigenvalue weighted by atomic mass is 9.93. The number of carbonyl (C=O) groups is 1. The number of pyridine rings is 1. The Bertz CT molecular complexity index is 1340. The summed E-state index contributed by atoms with van der Waals surface area (Å²) >= 11 is 1.63. The highest BCUT2D eigenvalue weighted by molar-refractivity contribution is 7.98. The number of aromatic nitrogens is 1. The maximum absolute atomic E-state index is 14.2. The molecule has 0 bridgehead atoms. The Labute approximate surface area is 193 Å². The first-order chi connectivity index (χ1) is 16.0. The monoisotopic (exact) mass is 465 g/mol. The molecule has 0 spiro atoms. The summed E-state index contributed by atoms with van der Waals surface area (Å²) in [5.74, 6) is -0.698. The van der Waals surface area contributed by atoms with Crippen LogP contribution >= 0.6 is 11.8 Å². The number of hydrogen-bond donors (Lipinski definition) is 1. The first kappa shape index (κ1) is 20.3. The Morgan fingerprint density at radius 3 is 2.82 bits per heavy atom. The Kier molecular flexibility index (Phi) is 4.70. The molecular formula is C24H20FN3O4S. The van der Waals surface area contributed by atoms with Gasteiger partial charge in [-0.15, -0.1) is 11.8 Å². The van der Waals surface area contributed by atoms with Crippen LogP contribution in [0.4, 0.5) is 4.39 Å². The minimum absolute atomic E-state index is 0.0707.